The molecule has 6 heterocycles. The Labute approximate surface area is 413 Å². The number of aliphatic hydroxyl groups excluding tert-OH is 1. The lowest BCUT2D eigenvalue weighted by atomic mass is 10.2. The van der Waals surface area contributed by atoms with E-state index in [0.717, 1.165) is 102 Å². The van der Waals surface area contributed by atoms with Crippen LogP contribution in [-0.4, -0.2) is 169 Å². The van der Waals surface area contributed by atoms with Gasteiger partial charge in [-0.1, -0.05) is 74.8 Å². The van der Waals surface area contributed by atoms with Crippen LogP contribution in [-0.2, 0) is 46.3 Å². The highest BCUT2D eigenvalue weighted by molar-refractivity contribution is 6.30. The van der Waals surface area contributed by atoms with E-state index < -0.39 is 5.97 Å². The van der Waals surface area contributed by atoms with Crippen molar-refractivity contribution in [2.45, 2.75) is 90.8 Å². The Hall–Kier alpha value is -3.13. The fraction of sp³-hybridized carbons (Fsp3) is 0.667. The van der Waals surface area contributed by atoms with Gasteiger partial charge in [-0.2, -0.15) is 0 Å². The molecule has 3 atom stereocenters. The van der Waals surface area contributed by atoms with Gasteiger partial charge in [-0.3, -0.25) is 0 Å². The average molecular weight is 1000 g/mol. The number of rotatable bonds is 19. The molecule has 0 bridgehead atoms. The zero-order valence-electron chi connectivity index (χ0n) is 40.4. The van der Waals surface area contributed by atoms with E-state index in [2.05, 4.69) is 56.5 Å². The molecule has 67 heavy (non-hydrogen) atoms. The minimum Gasteiger partial charge on any atom is -0.464 e. The van der Waals surface area contributed by atoms with Crippen molar-refractivity contribution in [3.8, 4) is 0 Å². The molecule has 0 spiro atoms. The molecule has 3 aliphatic heterocycles. The van der Waals surface area contributed by atoms with Gasteiger partial charge in [0.1, 0.15) is 15.5 Å². The van der Waals surface area contributed by atoms with Crippen molar-refractivity contribution in [2.24, 2.45) is 0 Å². The molecule has 3 unspecified atom stereocenters. The lowest BCUT2D eigenvalue weighted by Crippen LogP contribution is -2.35. The molecule has 16 nitrogen and oxygen atoms in total. The van der Waals surface area contributed by atoms with Crippen LogP contribution < -0.4 is 14.7 Å². The number of pyridine rings is 3. The molecule has 19 heteroatoms. The Morgan fingerprint density at radius 3 is 1.43 bits per heavy atom. The molecule has 3 aromatic heterocycles. The first-order chi connectivity index (χ1) is 32.5. The van der Waals surface area contributed by atoms with Gasteiger partial charge in [0, 0.05) is 65.6 Å². The third-order valence-electron chi connectivity index (χ3n) is 10.9. The van der Waals surface area contributed by atoms with E-state index in [9.17, 15) is 9.90 Å². The lowest BCUT2D eigenvalue weighted by Gasteiger charge is -2.28. The number of nitrogens with zero attached hydrogens (tertiary/aromatic N) is 7. The van der Waals surface area contributed by atoms with E-state index in [1.165, 1.54) is 7.11 Å². The SMILES string of the molecule is CCCCOC1COCCN(c2ccc(Cl)nc2C(=O)OC)C1.CCCCOC1COCCN(c2ccc(Cl)nc2CN(C)C)C1.CCCCOC1COCCN(c2ccc(Cl)nc2CO)C1. The quantitative estimate of drug-likeness (QED) is 0.0712. The second-order valence-electron chi connectivity index (χ2n) is 16.7. The number of aliphatic hydroxyl groups is 1. The van der Waals surface area contributed by atoms with Crippen LogP contribution in [0.1, 0.15) is 81.2 Å². The van der Waals surface area contributed by atoms with Gasteiger partial charge in [0.2, 0.25) is 0 Å². The van der Waals surface area contributed by atoms with Gasteiger partial charge >= 0.3 is 5.97 Å². The maximum absolute atomic E-state index is 12.0. The maximum Gasteiger partial charge on any atom is 0.358 e. The summed E-state index contributed by atoms with van der Waals surface area (Å²) >= 11 is 17.9. The Balaban J connectivity index is 0.000000220. The van der Waals surface area contributed by atoms with Crippen LogP contribution >= 0.6 is 34.8 Å². The molecule has 0 radical (unpaired) electrons. The molecule has 0 amide bonds. The van der Waals surface area contributed by atoms with E-state index in [-0.39, 0.29) is 35.8 Å². The van der Waals surface area contributed by atoms with Crippen molar-refractivity contribution < 1.29 is 43.1 Å². The Morgan fingerprint density at radius 2 is 1.03 bits per heavy atom. The van der Waals surface area contributed by atoms with Gasteiger partial charge in [-0.05, 0) is 69.8 Å². The average Bonchev–Trinajstić information content (AvgIpc) is 3.81. The summed E-state index contributed by atoms with van der Waals surface area (Å²) in [6.45, 7) is 17.5. The number of anilines is 3. The zero-order chi connectivity index (χ0) is 48.4. The highest BCUT2D eigenvalue weighted by Gasteiger charge is 2.26. The van der Waals surface area contributed by atoms with Crippen LogP contribution in [0.3, 0.4) is 0 Å². The first-order valence-corrected chi connectivity index (χ1v) is 24.8. The van der Waals surface area contributed by atoms with Crippen molar-refractivity contribution in [2.75, 3.05) is 135 Å². The van der Waals surface area contributed by atoms with E-state index in [1.807, 2.05) is 31.1 Å². The smallest absolute Gasteiger partial charge is 0.358 e. The zero-order valence-corrected chi connectivity index (χ0v) is 42.7. The standard InChI is InChI=1S/C17H28ClN3O2.C16H23ClN2O4.C15H23ClN2O3/c1-4-5-9-23-14-11-21(8-10-22-13-14)16-6-7-17(18)19-15(16)12-20(2)3;1-3-4-8-23-12-10-19(7-9-22-11-12)13-5-6-14(17)18-15(13)16(20)21-2;1-2-3-7-21-12-9-18(6-8-20-11-12)14-4-5-15(16)17-13(14)10-19/h6-7,14H,4-5,8-13H2,1-3H3;5-6,12H,3-4,7-11H2,1-2H3;4-5,12,19H,2-3,6-11H2,1H3. The second-order valence-corrected chi connectivity index (χ2v) is 17.9. The number of methoxy groups -OCH3 is 1. The Bertz CT molecular complexity index is 1870. The number of carbonyl (C=O) groups is 1. The van der Waals surface area contributed by atoms with E-state index in [4.69, 9.17) is 68.0 Å². The van der Waals surface area contributed by atoms with Crippen LogP contribution in [0.15, 0.2) is 36.4 Å². The highest BCUT2D eigenvalue weighted by atomic mass is 35.5. The normalized spacial score (nSPS) is 19.1. The van der Waals surface area contributed by atoms with Crippen molar-refractivity contribution in [1.82, 2.24) is 19.9 Å². The minimum absolute atomic E-state index is 0.0368. The number of carbonyl (C=O) groups excluding carboxylic acids is 1. The summed E-state index contributed by atoms with van der Waals surface area (Å²) in [6, 6.07) is 11.0. The molecule has 0 saturated carbocycles. The van der Waals surface area contributed by atoms with Crippen molar-refractivity contribution in [3.05, 3.63) is 68.9 Å². The summed E-state index contributed by atoms with van der Waals surface area (Å²) in [6.07, 6.45) is 6.63. The van der Waals surface area contributed by atoms with Gasteiger partial charge in [0.25, 0.3) is 0 Å². The van der Waals surface area contributed by atoms with E-state index >= 15 is 0 Å². The molecule has 3 aromatic rings. The molecule has 3 fully saturated rings. The molecular weight excluding hydrogens is 925 g/mol. The molecular formula is C48H74Cl3N7O9. The fourth-order valence-electron chi connectivity index (χ4n) is 7.45. The number of unbranched alkanes of at least 4 members (excludes halogenated alkanes) is 3. The van der Waals surface area contributed by atoms with Crippen LogP contribution in [0.25, 0.3) is 0 Å². The van der Waals surface area contributed by atoms with Gasteiger partial charge < -0.3 is 57.9 Å². The van der Waals surface area contributed by atoms with Crippen LogP contribution in [0.5, 0.6) is 0 Å². The van der Waals surface area contributed by atoms with Crippen LogP contribution in [0.2, 0.25) is 15.5 Å². The number of hydrogen-bond donors (Lipinski definition) is 1. The molecule has 3 aliphatic rings. The third-order valence-corrected chi connectivity index (χ3v) is 11.6. The van der Waals surface area contributed by atoms with Gasteiger partial charge in [-0.25, -0.2) is 19.7 Å². The summed E-state index contributed by atoms with van der Waals surface area (Å²) in [5.74, 6) is -0.504. The summed E-state index contributed by atoms with van der Waals surface area (Å²) in [7, 11) is 5.40. The summed E-state index contributed by atoms with van der Waals surface area (Å²) < 4.78 is 39.5. The van der Waals surface area contributed by atoms with E-state index in [1.54, 1.807) is 18.2 Å². The first-order valence-electron chi connectivity index (χ1n) is 23.6. The predicted molar refractivity (Wildman–Crippen MR) is 265 cm³/mol. The van der Waals surface area contributed by atoms with Crippen molar-refractivity contribution >= 4 is 57.8 Å². The summed E-state index contributed by atoms with van der Waals surface area (Å²) in [5, 5.41) is 10.7. The largest absolute Gasteiger partial charge is 0.464 e. The second kappa shape index (κ2) is 31.9. The number of esters is 1. The molecule has 3 saturated heterocycles. The Morgan fingerprint density at radius 1 is 0.642 bits per heavy atom. The molecule has 0 aromatic carbocycles. The molecule has 1 N–H and O–H groups in total. The Kier molecular flexibility index (Phi) is 26.9. The number of hydrogen-bond acceptors (Lipinski definition) is 16. The van der Waals surface area contributed by atoms with Gasteiger partial charge in [-0.15, -0.1) is 0 Å². The predicted octanol–water partition coefficient (Wildman–Crippen LogP) is 7.61. The van der Waals surface area contributed by atoms with E-state index in [0.29, 0.717) is 81.0 Å². The number of ether oxygens (including phenoxy) is 7. The van der Waals surface area contributed by atoms with Gasteiger partial charge in [0.05, 0.1) is 100 Å². The summed E-state index contributed by atoms with van der Waals surface area (Å²) in [4.78, 5) is 33.4. The number of aromatic nitrogens is 3. The third kappa shape index (κ3) is 20.0. The summed E-state index contributed by atoms with van der Waals surface area (Å²) in [5.41, 5.74) is 4.52. The lowest BCUT2D eigenvalue weighted by molar-refractivity contribution is -0.000254. The first kappa shape index (κ1) is 56.5. The molecule has 6 rings (SSSR count). The van der Waals surface area contributed by atoms with Crippen LogP contribution in [0.4, 0.5) is 17.1 Å². The fourth-order valence-corrected chi connectivity index (χ4v) is 7.93. The topological polar surface area (TPSA) is 154 Å². The highest BCUT2D eigenvalue weighted by Crippen LogP contribution is 2.27. The minimum atomic E-state index is -0.504. The molecule has 376 valence electrons. The maximum atomic E-state index is 12.0. The molecule has 0 aliphatic carbocycles. The van der Waals surface area contributed by atoms with Crippen molar-refractivity contribution in [3.63, 3.8) is 0 Å². The number of halogens is 3. The monoisotopic (exact) mass is 997 g/mol. The van der Waals surface area contributed by atoms with Crippen LogP contribution in [0, 0.1) is 0 Å². The van der Waals surface area contributed by atoms with Gasteiger partial charge in [0.15, 0.2) is 5.69 Å². The van der Waals surface area contributed by atoms with Crippen molar-refractivity contribution in [1.29, 1.82) is 0 Å².